The molecule has 0 saturated carbocycles. The number of carbonyl (C=O) groups excluding carboxylic acids is 2. The lowest BCUT2D eigenvalue weighted by Crippen LogP contribution is -2.15. The maximum atomic E-state index is 12.2. The Hall–Kier alpha value is -1.84. The highest BCUT2D eigenvalue weighted by Gasteiger charge is 2.16. The summed E-state index contributed by atoms with van der Waals surface area (Å²) >= 11 is 0. The molecule has 0 N–H and O–H groups in total. The highest BCUT2D eigenvalue weighted by molar-refractivity contribution is 5.74. The zero-order valence-electron chi connectivity index (χ0n) is 18.2. The van der Waals surface area contributed by atoms with Crippen molar-refractivity contribution in [1.82, 2.24) is 0 Å². The molecule has 0 bridgehead atoms. The molecule has 1 aromatic rings. The van der Waals surface area contributed by atoms with Crippen LogP contribution in [0, 0.1) is 11.8 Å². The van der Waals surface area contributed by atoms with Crippen LogP contribution in [0.1, 0.15) is 91.9 Å². The van der Waals surface area contributed by atoms with Gasteiger partial charge < -0.3 is 9.47 Å². The summed E-state index contributed by atoms with van der Waals surface area (Å²) in [7, 11) is 0. The van der Waals surface area contributed by atoms with E-state index in [9.17, 15) is 9.59 Å². The highest BCUT2D eigenvalue weighted by atomic mass is 16.5. The van der Waals surface area contributed by atoms with Crippen LogP contribution in [0.15, 0.2) is 24.3 Å². The molecule has 1 aromatic carbocycles. The third-order valence-corrected chi connectivity index (χ3v) is 5.27. The van der Waals surface area contributed by atoms with Gasteiger partial charge in [0.05, 0.1) is 0 Å². The summed E-state index contributed by atoms with van der Waals surface area (Å²) in [6.07, 6.45) is 9.45. The summed E-state index contributed by atoms with van der Waals surface area (Å²) in [4.78, 5) is 24.5. The molecule has 0 amide bonds. The van der Waals surface area contributed by atoms with Crippen molar-refractivity contribution in [3.05, 3.63) is 24.3 Å². The number of hydrogen-bond acceptors (Lipinski definition) is 4. The van der Waals surface area contributed by atoms with E-state index in [-0.39, 0.29) is 11.9 Å². The predicted molar refractivity (Wildman–Crippen MR) is 114 cm³/mol. The Balaban J connectivity index is 2.56. The van der Waals surface area contributed by atoms with Gasteiger partial charge in [-0.3, -0.25) is 9.59 Å². The second-order valence-corrected chi connectivity index (χ2v) is 7.66. The maximum Gasteiger partial charge on any atom is 0.311 e. The lowest BCUT2D eigenvalue weighted by Gasteiger charge is -2.14. The van der Waals surface area contributed by atoms with Gasteiger partial charge in [-0.2, -0.15) is 0 Å². The zero-order valence-corrected chi connectivity index (χ0v) is 18.2. The van der Waals surface area contributed by atoms with E-state index in [1.54, 1.807) is 24.3 Å². The minimum Gasteiger partial charge on any atom is -0.426 e. The summed E-state index contributed by atoms with van der Waals surface area (Å²) < 4.78 is 10.9. The first-order valence-corrected chi connectivity index (χ1v) is 11.0. The van der Waals surface area contributed by atoms with Crippen molar-refractivity contribution in [2.45, 2.75) is 91.9 Å². The number of rotatable bonds is 14. The van der Waals surface area contributed by atoms with Gasteiger partial charge in [0.2, 0.25) is 0 Å². The van der Waals surface area contributed by atoms with E-state index in [0.717, 1.165) is 51.4 Å². The van der Waals surface area contributed by atoms with Gasteiger partial charge in [0, 0.05) is 18.9 Å². The third-order valence-electron chi connectivity index (χ3n) is 5.27. The number of benzene rings is 1. The molecule has 4 heteroatoms. The van der Waals surface area contributed by atoms with Crippen molar-refractivity contribution in [3.63, 3.8) is 0 Å². The van der Waals surface area contributed by atoms with Crippen LogP contribution in [0.4, 0.5) is 0 Å². The first-order chi connectivity index (χ1) is 13.5. The molecular weight excluding hydrogens is 352 g/mol. The highest BCUT2D eigenvalue weighted by Crippen LogP contribution is 2.24. The average molecular weight is 391 g/mol. The SMILES string of the molecule is CCCCC(CC)CC(=O)Oc1cccc(OC(=O)CC(CC)CCCC)c1. The van der Waals surface area contributed by atoms with Crippen LogP contribution in [0.2, 0.25) is 0 Å². The molecule has 0 aliphatic carbocycles. The number of hydrogen-bond donors (Lipinski definition) is 0. The smallest absolute Gasteiger partial charge is 0.311 e. The fourth-order valence-electron chi connectivity index (χ4n) is 3.31. The monoisotopic (exact) mass is 390 g/mol. The van der Waals surface area contributed by atoms with Crippen LogP contribution >= 0.6 is 0 Å². The van der Waals surface area contributed by atoms with Crippen LogP contribution < -0.4 is 9.47 Å². The molecule has 0 heterocycles. The second kappa shape index (κ2) is 14.2. The molecule has 158 valence electrons. The topological polar surface area (TPSA) is 52.6 Å². The Labute approximate surface area is 171 Å². The van der Waals surface area contributed by atoms with Gasteiger partial charge in [0.15, 0.2) is 0 Å². The normalized spacial score (nSPS) is 13.0. The molecule has 0 saturated heterocycles. The number of unbranched alkanes of at least 4 members (excludes halogenated alkanes) is 2. The summed E-state index contributed by atoms with van der Waals surface area (Å²) in [5.74, 6) is 1.14. The molecule has 0 aromatic heterocycles. The predicted octanol–water partition coefficient (Wildman–Crippen LogP) is 6.71. The summed E-state index contributed by atoms with van der Waals surface area (Å²) in [6.45, 7) is 8.53. The zero-order chi connectivity index (χ0) is 20.8. The van der Waals surface area contributed by atoms with Crippen LogP contribution in [0.5, 0.6) is 11.5 Å². The molecule has 2 unspecified atom stereocenters. The maximum absolute atomic E-state index is 12.2. The van der Waals surface area contributed by atoms with Crippen molar-refractivity contribution < 1.29 is 19.1 Å². The van der Waals surface area contributed by atoms with Crippen LogP contribution in [-0.2, 0) is 9.59 Å². The Bertz CT molecular complexity index is 534. The lowest BCUT2D eigenvalue weighted by molar-refractivity contribution is -0.136. The fraction of sp³-hybridized carbons (Fsp3) is 0.667. The van der Waals surface area contributed by atoms with Crippen molar-refractivity contribution in [1.29, 1.82) is 0 Å². The molecule has 2 atom stereocenters. The quantitative estimate of drug-likeness (QED) is 0.262. The van der Waals surface area contributed by atoms with Crippen LogP contribution in [0.25, 0.3) is 0 Å². The Morgan fingerprint density at radius 1 is 0.786 bits per heavy atom. The van der Waals surface area contributed by atoms with Crippen molar-refractivity contribution in [2.75, 3.05) is 0 Å². The van der Waals surface area contributed by atoms with Gasteiger partial charge in [-0.25, -0.2) is 0 Å². The van der Waals surface area contributed by atoms with E-state index in [2.05, 4.69) is 27.7 Å². The number of esters is 2. The van der Waals surface area contributed by atoms with E-state index in [4.69, 9.17) is 9.47 Å². The Kier molecular flexibility index (Phi) is 12.3. The van der Waals surface area contributed by atoms with E-state index >= 15 is 0 Å². The lowest BCUT2D eigenvalue weighted by atomic mass is 9.96. The first kappa shape index (κ1) is 24.2. The summed E-state index contributed by atoms with van der Waals surface area (Å²) in [5, 5.41) is 0. The van der Waals surface area contributed by atoms with Gasteiger partial charge in [-0.05, 0) is 36.8 Å². The molecule has 0 spiro atoms. The summed E-state index contributed by atoms with van der Waals surface area (Å²) in [6, 6.07) is 6.81. The molecule has 0 radical (unpaired) electrons. The Morgan fingerprint density at radius 2 is 1.21 bits per heavy atom. The van der Waals surface area contributed by atoms with Gasteiger partial charge in [-0.1, -0.05) is 72.3 Å². The van der Waals surface area contributed by atoms with E-state index in [0.29, 0.717) is 36.2 Å². The van der Waals surface area contributed by atoms with E-state index in [1.807, 2.05) is 0 Å². The standard InChI is InChI=1S/C24H38O4/c1-5-9-12-19(7-3)16-23(25)27-21-14-11-15-22(18-21)28-24(26)17-20(8-4)13-10-6-2/h11,14-15,18-20H,5-10,12-13,16-17H2,1-4H3. The Morgan fingerprint density at radius 3 is 1.57 bits per heavy atom. The molecule has 1 rings (SSSR count). The molecule has 28 heavy (non-hydrogen) atoms. The van der Waals surface area contributed by atoms with E-state index < -0.39 is 0 Å². The van der Waals surface area contributed by atoms with E-state index in [1.165, 1.54) is 0 Å². The van der Waals surface area contributed by atoms with Crippen LogP contribution in [-0.4, -0.2) is 11.9 Å². The first-order valence-electron chi connectivity index (χ1n) is 11.0. The average Bonchev–Trinajstić information content (AvgIpc) is 2.68. The number of carbonyl (C=O) groups is 2. The number of ether oxygens (including phenoxy) is 2. The molecule has 0 aliphatic rings. The largest absolute Gasteiger partial charge is 0.426 e. The van der Waals surface area contributed by atoms with Gasteiger partial charge in [0.1, 0.15) is 11.5 Å². The van der Waals surface area contributed by atoms with Crippen molar-refractivity contribution in [3.8, 4) is 11.5 Å². The minimum atomic E-state index is -0.225. The molecular formula is C24H38O4. The van der Waals surface area contributed by atoms with Crippen LogP contribution in [0.3, 0.4) is 0 Å². The third kappa shape index (κ3) is 9.91. The van der Waals surface area contributed by atoms with Crippen molar-refractivity contribution in [2.24, 2.45) is 11.8 Å². The van der Waals surface area contributed by atoms with Gasteiger partial charge in [-0.15, -0.1) is 0 Å². The van der Waals surface area contributed by atoms with Gasteiger partial charge >= 0.3 is 11.9 Å². The van der Waals surface area contributed by atoms with Gasteiger partial charge in [0.25, 0.3) is 0 Å². The molecule has 4 nitrogen and oxygen atoms in total. The molecule has 0 fully saturated rings. The molecule has 0 aliphatic heterocycles. The fourth-order valence-corrected chi connectivity index (χ4v) is 3.31. The second-order valence-electron chi connectivity index (χ2n) is 7.66. The minimum absolute atomic E-state index is 0.225. The summed E-state index contributed by atoms with van der Waals surface area (Å²) in [5.41, 5.74) is 0. The van der Waals surface area contributed by atoms with Crippen molar-refractivity contribution >= 4 is 11.9 Å².